The summed E-state index contributed by atoms with van der Waals surface area (Å²) in [6.07, 6.45) is 3.54. The molecule has 0 saturated heterocycles. The number of nitrogens with zero attached hydrogens (tertiary/aromatic N) is 2. The standard InChI is InChI=1S/C9H13N5O2S/c1-2-8-10-6-9(13-8)17(15,16)12-5-7-3-4-11-14-7/h3-4,6,12H,2,5H2,1H3,(H,10,13)(H,11,14). The van der Waals surface area contributed by atoms with Crippen LogP contribution in [0.15, 0.2) is 23.5 Å². The van der Waals surface area contributed by atoms with Crippen molar-refractivity contribution in [2.75, 3.05) is 0 Å². The molecule has 0 saturated carbocycles. The van der Waals surface area contributed by atoms with Crippen LogP contribution in [0.25, 0.3) is 0 Å². The van der Waals surface area contributed by atoms with Crippen LogP contribution in [0.5, 0.6) is 0 Å². The fourth-order valence-electron chi connectivity index (χ4n) is 1.29. The third kappa shape index (κ3) is 2.71. The zero-order valence-electron chi connectivity index (χ0n) is 9.27. The lowest BCUT2D eigenvalue weighted by Crippen LogP contribution is -2.23. The molecule has 8 heteroatoms. The number of hydrogen-bond donors (Lipinski definition) is 3. The minimum absolute atomic E-state index is 0.0777. The lowest BCUT2D eigenvalue weighted by Gasteiger charge is -2.02. The summed E-state index contributed by atoms with van der Waals surface area (Å²) in [7, 11) is -3.54. The molecule has 0 spiro atoms. The van der Waals surface area contributed by atoms with Crippen LogP contribution in [-0.2, 0) is 23.0 Å². The first-order valence-corrected chi connectivity index (χ1v) is 6.62. The molecular weight excluding hydrogens is 242 g/mol. The second-order valence-electron chi connectivity index (χ2n) is 3.45. The van der Waals surface area contributed by atoms with Gasteiger partial charge in [-0.2, -0.15) is 5.10 Å². The Bertz CT molecular complexity index is 572. The Morgan fingerprint density at radius 1 is 1.47 bits per heavy atom. The van der Waals surface area contributed by atoms with E-state index in [-0.39, 0.29) is 11.6 Å². The van der Waals surface area contributed by atoms with Gasteiger partial charge in [0.2, 0.25) is 0 Å². The molecule has 2 rings (SSSR count). The highest BCUT2D eigenvalue weighted by Gasteiger charge is 2.16. The molecule has 0 fully saturated rings. The van der Waals surface area contributed by atoms with E-state index in [0.717, 1.165) is 0 Å². The molecule has 0 atom stereocenters. The Labute approximate surface area is 98.7 Å². The van der Waals surface area contributed by atoms with E-state index in [2.05, 4.69) is 24.9 Å². The molecule has 0 aliphatic carbocycles. The monoisotopic (exact) mass is 255 g/mol. The lowest BCUT2D eigenvalue weighted by molar-refractivity contribution is 0.577. The molecule has 0 unspecified atom stereocenters. The molecule has 2 aromatic rings. The Morgan fingerprint density at radius 3 is 2.88 bits per heavy atom. The van der Waals surface area contributed by atoms with E-state index >= 15 is 0 Å². The van der Waals surface area contributed by atoms with Gasteiger partial charge in [-0.1, -0.05) is 6.92 Å². The summed E-state index contributed by atoms with van der Waals surface area (Å²) in [5.74, 6) is 0.645. The van der Waals surface area contributed by atoms with Crippen LogP contribution in [0, 0.1) is 0 Å². The van der Waals surface area contributed by atoms with Crippen molar-refractivity contribution in [3.63, 3.8) is 0 Å². The number of H-pyrrole nitrogens is 2. The molecule has 0 aromatic carbocycles. The number of imidazole rings is 1. The molecule has 2 heterocycles. The van der Waals surface area contributed by atoms with Gasteiger partial charge in [0, 0.05) is 12.6 Å². The van der Waals surface area contributed by atoms with Crippen LogP contribution in [0.1, 0.15) is 18.4 Å². The van der Waals surface area contributed by atoms with E-state index in [9.17, 15) is 8.42 Å². The summed E-state index contributed by atoms with van der Waals surface area (Å²) in [6.45, 7) is 2.07. The number of aryl methyl sites for hydroxylation is 1. The van der Waals surface area contributed by atoms with Crippen molar-refractivity contribution in [1.82, 2.24) is 24.9 Å². The average Bonchev–Trinajstić information content (AvgIpc) is 2.98. The van der Waals surface area contributed by atoms with Gasteiger partial charge in [0.1, 0.15) is 5.82 Å². The van der Waals surface area contributed by atoms with Gasteiger partial charge in [-0.05, 0) is 6.07 Å². The van der Waals surface area contributed by atoms with Crippen molar-refractivity contribution in [2.24, 2.45) is 0 Å². The SMILES string of the molecule is CCc1ncc(S(=O)(=O)NCc2ccn[nH]2)[nH]1. The molecule has 0 amide bonds. The Balaban J connectivity index is 2.08. The summed E-state index contributed by atoms with van der Waals surface area (Å²) in [6, 6.07) is 1.70. The molecule has 2 aromatic heterocycles. The van der Waals surface area contributed by atoms with Crippen molar-refractivity contribution in [2.45, 2.75) is 24.9 Å². The molecular formula is C9H13N5O2S. The minimum atomic E-state index is -3.54. The van der Waals surface area contributed by atoms with Crippen LogP contribution in [-0.4, -0.2) is 28.6 Å². The largest absolute Gasteiger partial charge is 0.332 e. The quantitative estimate of drug-likeness (QED) is 0.708. The highest BCUT2D eigenvalue weighted by Crippen LogP contribution is 2.06. The van der Waals surface area contributed by atoms with Gasteiger partial charge in [0.15, 0.2) is 5.03 Å². The zero-order valence-corrected chi connectivity index (χ0v) is 10.1. The highest BCUT2D eigenvalue weighted by atomic mass is 32.2. The topological polar surface area (TPSA) is 104 Å². The average molecular weight is 255 g/mol. The number of aromatic amines is 2. The van der Waals surface area contributed by atoms with Crippen molar-refractivity contribution in [3.05, 3.63) is 30.0 Å². The van der Waals surface area contributed by atoms with Gasteiger partial charge in [0.25, 0.3) is 10.0 Å². The first-order chi connectivity index (χ1) is 8.12. The maximum Gasteiger partial charge on any atom is 0.257 e. The zero-order chi connectivity index (χ0) is 12.3. The fraction of sp³-hybridized carbons (Fsp3) is 0.333. The van der Waals surface area contributed by atoms with Crippen LogP contribution in [0.3, 0.4) is 0 Å². The van der Waals surface area contributed by atoms with Gasteiger partial charge < -0.3 is 4.98 Å². The van der Waals surface area contributed by atoms with Crippen molar-refractivity contribution < 1.29 is 8.42 Å². The number of hydrogen-bond acceptors (Lipinski definition) is 4. The number of aromatic nitrogens is 4. The van der Waals surface area contributed by atoms with Crippen LogP contribution in [0.4, 0.5) is 0 Å². The van der Waals surface area contributed by atoms with E-state index in [0.29, 0.717) is 17.9 Å². The maximum atomic E-state index is 11.8. The van der Waals surface area contributed by atoms with E-state index in [1.165, 1.54) is 6.20 Å². The summed E-state index contributed by atoms with van der Waals surface area (Å²) in [4.78, 5) is 6.70. The van der Waals surface area contributed by atoms with E-state index in [4.69, 9.17) is 0 Å². The smallest absolute Gasteiger partial charge is 0.257 e. The lowest BCUT2D eigenvalue weighted by atomic mass is 10.4. The van der Waals surface area contributed by atoms with Crippen LogP contribution < -0.4 is 4.72 Å². The minimum Gasteiger partial charge on any atom is -0.332 e. The van der Waals surface area contributed by atoms with Crippen molar-refractivity contribution in [1.29, 1.82) is 0 Å². The predicted octanol–water partition coefficient (Wildman–Crippen LogP) is 0.174. The maximum absolute atomic E-state index is 11.8. The van der Waals surface area contributed by atoms with Gasteiger partial charge >= 0.3 is 0 Å². The molecule has 0 bridgehead atoms. The third-order valence-corrected chi connectivity index (χ3v) is 3.55. The normalized spacial score (nSPS) is 11.8. The van der Waals surface area contributed by atoms with E-state index < -0.39 is 10.0 Å². The Hall–Kier alpha value is -1.67. The Morgan fingerprint density at radius 2 is 2.29 bits per heavy atom. The van der Waals surface area contributed by atoms with Gasteiger partial charge in [0.05, 0.1) is 18.4 Å². The van der Waals surface area contributed by atoms with Gasteiger partial charge in [-0.25, -0.2) is 18.1 Å². The second kappa shape index (κ2) is 4.68. The highest BCUT2D eigenvalue weighted by molar-refractivity contribution is 7.89. The number of nitrogens with one attached hydrogen (secondary N) is 3. The molecule has 7 nitrogen and oxygen atoms in total. The molecule has 0 aliphatic rings. The summed E-state index contributed by atoms with van der Waals surface area (Å²) >= 11 is 0. The van der Waals surface area contributed by atoms with Crippen LogP contribution >= 0.6 is 0 Å². The van der Waals surface area contributed by atoms with E-state index in [1.807, 2.05) is 6.92 Å². The van der Waals surface area contributed by atoms with E-state index in [1.54, 1.807) is 12.3 Å². The van der Waals surface area contributed by atoms with Crippen molar-refractivity contribution in [3.8, 4) is 0 Å². The molecule has 92 valence electrons. The first kappa shape index (κ1) is 11.8. The summed E-state index contributed by atoms with van der Waals surface area (Å²) in [5, 5.41) is 6.49. The van der Waals surface area contributed by atoms with Crippen molar-refractivity contribution >= 4 is 10.0 Å². The predicted molar refractivity (Wildman–Crippen MR) is 60.6 cm³/mol. The second-order valence-corrected chi connectivity index (χ2v) is 5.19. The molecule has 3 N–H and O–H groups in total. The number of sulfonamides is 1. The first-order valence-electron chi connectivity index (χ1n) is 5.13. The van der Waals surface area contributed by atoms with Crippen LogP contribution in [0.2, 0.25) is 0 Å². The molecule has 0 aliphatic heterocycles. The Kier molecular flexibility index (Phi) is 3.25. The third-order valence-electron chi connectivity index (χ3n) is 2.24. The summed E-state index contributed by atoms with van der Waals surface area (Å²) in [5.41, 5.74) is 0.698. The van der Waals surface area contributed by atoms with Gasteiger partial charge in [-0.15, -0.1) is 0 Å². The number of rotatable bonds is 5. The molecule has 17 heavy (non-hydrogen) atoms. The fourth-order valence-corrected chi connectivity index (χ4v) is 2.24. The summed E-state index contributed by atoms with van der Waals surface area (Å²) < 4.78 is 26.1. The van der Waals surface area contributed by atoms with Gasteiger partial charge in [-0.3, -0.25) is 5.10 Å². The molecule has 0 radical (unpaired) electrons.